The second-order valence-corrected chi connectivity index (χ2v) is 5.89. The molecule has 0 saturated heterocycles. The van der Waals surface area contributed by atoms with Crippen LogP contribution in [-0.4, -0.2) is 27.5 Å². The van der Waals surface area contributed by atoms with Crippen molar-refractivity contribution in [3.05, 3.63) is 24.2 Å². The lowest BCUT2D eigenvalue weighted by atomic mass is 9.80. The molecule has 1 aromatic rings. The predicted octanol–water partition coefficient (Wildman–Crippen LogP) is 2.52. The molecule has 0 radical (unpaired) electrons. The third-order valence-electron chi connectivity index (χ3n) is 3.46. The molecule has 2 N–H and O–H groups in total. The van der Waals surface area contributed by atoms with Crippen LogP contribution in [-0.2, 0) is 10.5 Å². The van der Waals surface area contributed by atoms with Gasteiger partial charge in [-0.3, -0.25) is 4.79 Å². The van der Waals surface area contributed by atoms with Crippen LogP contribution in [0.3, 0.4) is 0 Å². The fourth-order valence-electron chi connectivity index (χ4n) is 2.28. The summed E-state index contributed by atoms with van der Waals surface area (Å²) in [7, 11) is 0. The molecule has 1 aliphatic rings. The first kappa shape index (κ1) is 13.5. The monoisotopic (exact) mass is 270 g/mol. The lowest BCUT2D eigenvalue weighted by molar-refractivity contribution is -0.144. The Balaban J connectivity index is 1.74. The van der Waals surface area contributed by atoms with Crippen LogP contribution in [0, 0.1) is 5.92 Å². The van der Waals surface area contributed by atoms with Crippen LogP contribution in [0.4, 0.5) is 0 Å². The Morgan fingerprint density at radius 3 is 2.78 bits per heavy atom. The van der Waals surface area contributed by atoms with E-state index in [4.69, 9.17) is 9.52 Å². The molecule has 1 saturated carbocycles. The van der Waals surface area contributed by atoms with E-state index in [1.165, 1.54) is 0 Å². The summed E-state index contributed by atoms with van der Waals surface area (Å²) in [6.45, 7) is 0. The van der Waals surface area contributed by atoms with Gasteiger partial charge in [0.15, 0.2) is 0 Å². The molecule has 0 amide bonds. The minimum Gasteiger partial charge on any atom is -0.481 e. The molecule has 18 heavy (non-hydrogen) atoms. The zero-order valence-electron chi connectivity index (χ0n) is 10.2. The van der Waals surface area contributed by atoms with Crippen molar-refractivity contribution in [3.63, 3.8) is 0 Å². The molecule has 0 unspecified atom stereocenters. The molecule has 4 nitrogen and oxygen atoms in total. The number of carbonyl (C=O) groups is 1. The van der Waals surface area contributed by atoms with Crippen molar-refractivity contribution in [1.82, 2.24) is 0 Å². The van der Waals surface area contributed by atoms with Gasteiger partial charge in [-0.25, -0.2) is 0 Å². The number of carboxylic acid groups (broad SMARTS) is 1. The molecule has 0 bridgehead atoms. The zero-order chi connectivity index (χ0) is 13.0. The van der Waals surface area contributed by atoms with Crippen molar-refractivity contribution < 1.29 is 19.4 Å². The maximum absolute atomic E-state index is 10.8. The number of aliphatic hydroxyl groups is 1. The minimum absolute atomic E-state index is 0.277. The van der Waals surface area contributed by atoms with Crippen molar-refractivity contribution >= 4 is 17.7 Å². The number of rotatable bonds is 5. The maximum atomic E-state index is 10.8. The van der Waals surface area contributed by atoms with Gasteiger partial charge in [-0.1, -0.05) is 0 Å². The van der Waals surface area contributed by atoms with E-state index in [0.717, 1.165) is 11.5 Å². The summed E-state index contributed by atoms with van der Waals surface area (Å²) >= 11 is 1.63. The SMILES string of the molecule is O=C(O)C1CCC(O)(CSCc2ccco2)CC1. The summed E-state index contributed by atoms with van der Waals surface area (Å²) in [6.07, 6.45) is 3.95. The average Bonchev–Trinajstić information content (AvgIpc) is 2.82. The molecule has 2 rings (SSSR count). The summed E-state index contributed by atoms with van der Waals surface area (Å²) in [5, 5.41) is 19.3. The molecule has 1 aliphatic carbocycles. The van der Waals surface area contributed by atoms with Crippen molar-refractivity contribution in [1.29, 1.82) is 0 Å². The second kappa shape index (κ2) is 5.80. The van der Waals surface area contributed by atoms with Gasteiger partial charge < -0.3 is 14.6 Å². The van der Waals surface area contributed by atoms with Gasteiger partial charge in [0.1, 0.15) is 5.76 Å². The molecule has 5 heteroatoms. The number of aliphatic carboxylic acids is 1. The zero-order valence-corrected chi connectivity index (χ0v) is 11.0. The number of hydrogen-bond acceptors (Lipinski definition) is 4. The molecule has 1 fully saturated rings. The van der Waals surface area contributed by atoms with E-state index >= 15 is 0 Å². The van der Waals surface area contributed by atoms with E-state index in [1.807, 2.05) is 12.1 Å². The van der Waals surface area contributed by atoms with Gasteiger partial charge in [-0.05, 0) is 37.8 Å². The van der Waals surface area contributed by atoms with E-state index in [-0.39, 0.29) is 5.92 Å². The Kier molecular flexibility index (Phi) is 4.35. The summed E-state index contributed by atoms with van der Waals surface area (Å²) in [6, 6.07) is 3.76. The first-order valence-electron chi connectivity index (χ1n) is 6.14. The Morgan fingerprint density at radius 1 is 1.50 bits per heavy atom. The van der Waals surface area contributed by atoms with Crippen molar-refractivity contribution in [2.24, 2.45) is 5.92 Å². The van der Waals surface area contributed by atoms with E-state index < -0.39 is 11.6 Å². The Labute approximate surface area is 110 Å². The summed E-state index contributed by atoms with van der Waals surface area (Å²) in [4.78, 5) is 10.8. The number of furan rings is 1. The quantitative estimate of drug-likeness (QED) is 0.860. The van der Waals surface area contributed by atoms with Gasteiger partial charge in [0.05, 0.1) is 23.5 Å². The third-order valence-corrected chi connectivity index (χ3v) is 4.69. The lowest BCUT2D eigenvalue weighted by Crippen LogP contribution is -2.38. The Hall–Kier alpha value is -0.940. The largest absolute Gasteiger partial charge is 0.481 e. The second-order valence-electron chi connectivity index (χ2n) is 4.91. The van der Waals surface area contributed by atoms with Crippen molar-refractivity contribution in [3.8, 4) is 0 Å². The first-order chi connectivity index (χ1) is 8.59. The molecular weight excluding hydrogens is 252 g/mol. The average molecular weight is 270 g/mol. The lowest BCUT2D eigenvalue weighted by Gasteiger charge is -2.34. The molecule has 1 heterocycles. The fraction of sp³-hybridized carbons (Fsp3) is 0.615. The van der Waals surface area contributed by atoms with Gasteiger partial charge in [0.25, 0.3) is 0 Å². The van der Waals surface area contributed by atoms with E-state index in [1.54, 1.807) is 18.0 Å². The first-order valence-corrected chi connectivity index (χ1v) is 7.30. The molecule has 100 valence electrons. The highest BCUT2D eigenvalue weighted by atomic mass is 32.2. The minimum atomic E-state index is -0.736. The smallest absolute Gasteiger partial charge is 0.306 e. The summed E-state index contributed by atoms with van der Waals surface area (Å²) < 4.78 is 5.22. The molecule has 0 spiro atoms. The summed E-state index contributed by atoms with van der Waals surface area (Å²) in [5.41, 5.74) is -0.705. The van der Waals surface area contributed by atoms with Crippen LogP contribution in [0.15, 0.2) is 22.8 Å². The topological polar surface area (TPSA) is 70.7 Å². The van der Waals surface area contributed by atoms with E-state index in [9.17, 15) is 9.90 Å². The standard InChI is InChI=1S/C13H18O4S/c14-12(15)10-3-5-13(16,6-4-10)9-18-8-11-2-1-7-17-11/h1-2,7,10,16H,3-6,8-9H2,(H,14,15). The predicted molar refractivity (Wildman–Crippen MR) is 69.4 cm³/mol. The van der Waals surface area contributed by atoms with Crippen LogP contribution in [0.25, 0.3) is 0 Å². The van der Waals surface area contributed by atoms with Crippen LogP contribution < -0.4 is 0 Å². The fourth-order valence-corrected chi connectivity index (χ4v) is 3.42. The van der Waals surface area contributed by atoms with Gasteiger partial charge in [0, 0.05) is 5.75 Å². The number of thioether (sulfide) groups is 1. The molecular formula is C13H18O4S. The van der Waals surface area contributed by atoms with E-state index in [0.29, 0.717) is 31.4 Å². The third kappa shape index (κ3) is 3.53. The van der Waals surface area contributed by atoms with E-state index in [2.05, 4.69) is 0 Å². The Bertz CT molecular complexity index is 380. The molecule has 0 aliphatic heterocycles. The summed E-state index contributed by atoms with van der Waals surface area (Å²) in [5.74, 6) is 1.28. The molecule has 0 atom stereocenters. The maximum Gasteiger partial charge on any atom is 0.306 e. The van der Waals surface area contributed by atoms with Crippen LogP contribution in [0.2, 0.25) is 0 Å². The van der Waals surface area contributed by atoms with Crippen LogP contribution >= 0.6 is 11.8 Å². The molecule has 1 aromatic heterocycles. The molecule has 0 aromatic carbocycles. The normalized spacial score (nSPS) is 28.2. The number of hydrogen-bond donors (Lipinski definition) is 2. The van der Waals surface area contributed by atoms with Gasteiger partial charge in [0.2, 0.25) is 0 Å². The van der Waals surface area contributed by atoms with Gasteiger partial charge >= 0.3 is 5.97 Å². The van der Waals surface area contributed by atoms with Gasteiger partial charge in [-0.2, -0.15) is 11.8 Å². The highest BCUT2D eigenvalue weighted by molar-refractivity contribution is 7.98. The number of carboxylic acids is 1. The highest BCUT2D eigenvalue weighted by Gasteiger charge is 2.35. The van der Waals surface area contributed by atoms with Crippen LogP contribution in [0.1, 0.15) is 31.4 Å². The highest BCUT2D eigenvalue weighted by Crippen LogP contribution is 2.35. The Morgan fingerprint density at radius 2 is 2.22 bits per heavy atom. The van der Waals surface area contributed by atoms with Crippen molar-refractivity contribution in [2.75, 3.05) is 5.75 Å². The van der Waals surface area contributed by atoms with Gasteiger partial charge in [-0.15, -0.1) is 0 Å². The van der Waals surface area contributed by atoms with Crippen LogP contribution in [0.5, 0.6) is 0 Å². The van der Waals surface area contributed by atoms with Crippen molar-refractivity contribution in [2.45, 2.75) is 37.0 Å².